The number of hydrogen-bond acceptors (Lipinski definition) is 5. The van der Waals surface area contributed by atoms with Gasteiger partial charge in [-0.3, -0.25) is 0 Å². The van der Waals surface area contributed by atoms with Crippen LogP contribution in [0, 0.1) is 11.8 Å². The molecule has 7 nitrogen and oxygen atoms in total. The van der Waals surface area contributed by atoms with Crippen molar-refractivity contribution < 1.29 is 0 Å². The van der Waals surface area contributed by atoms with E-state index >= 15 is 0 Å². The SMILES string of the molecule is CC(C)Cn1nc(CC2CCCCC2)nc1Cc1ccc(-c2ccccc2-c2nnn[nH]2)cc1. The van der Waals surface area contributed by atoms with Crippen molar-refractivity contribution in [2.45, 2.75) is 65.3 Å². The zero-order chi connectivity index (χ0) is 23.3. The Balaban J connectivity index is 1.36. The van der Waals surface area contributed by atoms with Crippen LogP contribution in [0.5, 0.6) is 0 Å². The van der Waals surface area contributed by atoms with Gasteiger partial charge in [-0.2, -0.15) is 5.10 Å². The minimum Gasteiger partial charge on any atom is -0.249 e. The molecule has 1 N–H and O–H groups in total. The van der Waals surface area contributed by atoms with Gasteiger partial charge in [-0.15, -0.1) is 5.10 Å². The molecule has 1 aliphatic rings. The number of aromatic nitrogens is 7. The zero-order valence-electron chi connectivity index (χ0n) is 20.1. The summed E-state index contributed by atoms with van der Waals surface area (Å²) in [6.45, 7) is 5.38. The van der Waals surface area contributed by atoms with E-state index in [-0.39, 0.29) is 0 Å². The molecular weight excluding hydrogens is 422 g/mol. The molecule has 1 aliphatic carbocycles. The summed E-state index contributed by atoms with van der Waals surface area (Å²) in [6, 6.07) is 16.9. The van der Waals surface area contributed by atoms with E-state index in [0.717, 1.165) is 53.6 Å². The lowest BCUT2D eigenvalue weighted by atomic mass is 9.87. The number of nitrogens with zero attached hydrogens (tertiary/aromatic N) is 6. The van der Waals surface area contributed by atoms with Crippen LogP contribution in [0.3, 0.4) is 0 Å². The summed E-state index contributed by atoms with van der Waals surface area (Å²) in [5, 5.41) is 19.3. The van der Waals surface area contributed by atoms with Crippen molar-refractivity contribution in [1.82, 2.24) is 35.4 Å². The molecule has 176 valence electrons. The fourth-order valence-corrected chi connectivity index (χ4v) is 4.98. The number of nitrogens with one attached hydrogen (secondary N) is 1. The Bertz CT molecular complexity index is 1190. The maximum Gasteiger partial charge on any atom is 0.180 e. The number of benzene rings is 2. The lowest BCUT2D eigenvalue weighted by Crippen LogP contribution is -2.12. The Morgan fingerprint density at radius 1 is 0.971 bits per heavy atom. The van der Waals surface area contributed by atoms with Crippen LogP contribution in [0.2, 0.25) is 0 Å². The molecule has 0 unspecified atom stereocenters. The normalized spacial score (nSPS) is 14.7. The van der Waals surface area contributed by atoms with E-state index in [1.165, 1.54) is 37.7 Å². The van der Waals surface area contributed by atoms with Crippen LogP contribution in [0.15, 0.2) is 48.5 Å². The molecule has 0 amide bonds. The van der Waals surface area contributed by atoms with Crippen LogP contribution in [-0.2, 0) is 19.4 Å². The molecule has 1 fully saturated rings. The van der Waals surface area contributed by atoms with Gasteiger partial charge in [0.25, 0.3) is 0 Å². The summed E-state index contributed by atoms with van der Waals surface area (Å²) in [7, 11) is 0. The van der Waals surface area contributed by atoms with Gasteiger partial charge in [-0.05, 0) is 39.0 Å². The van der Waals surface area contributed by atoms with E-state index in [2.05, 4.69) is 69.5 Å². The quantitative estimate of drug-likeness (QED) is 0.379. The molecule has 2 aromatic heterocycles. The Morgan fingerprint density at radius 2 is 1.74 bits per heavy atom. The van der Waals surface area contributed by atoms with Gasteiger partial charge in [0.05, 0.1) is 0 Å². The van der Waals surface area contributed by atoms with Crippen molar-refractivity contribution >= 4 is 0 Å². The van der Waals surface area contributed by atoms with Crippen LogP contribution in [-0.4, -0.2) is 35.4 Å². The Hall–Kier alpha value is -3.35. The van der Waals surface area contributed by atoms with Gasteiger partial charge in [0.1, 0.15) is 5.82 Å². The first kappa shape index (κ1) is 22.4. The average molecular weight is 456 g/mol. The van der Waals surface area contributed by atoms with Crippen molar-refractivity contribution in [3.63, 3.8) is 0 Å². The van der Waals surface area contributed by atoms with E-state index in [9.17, 15) is 0 Å². The van der Waals surface area contributed by atoms with Gasteiger partial charge in [0, 0.05) is 24.9 Å². The van der Waals surface area contributed by atoms with Crippen LogP contribution in [0.25, 0.3) is 22.5 Å². The lowest BCUT2D eigenvalue weighted by Gasteiger charge is -2.19. The van der Waals surface area contributed by atoms with Gasteiger partial charge < -0.3 is 0 Å². The summed E-state index contributed by atoms with van der Waals surface area (Å²) >= 11 is 0. The van der Waals surface area contributed by atoms with Gasteiger partial charge >= 0.3 is 0 Å². The Kier molecular flexibility index (Phi) is 6.79. The second-order valence-electron chi connectivity index (χ2n) is 9.90. The maximum absolute atomic E-state index is 5.01. The summed E-state index contributed by atoms with van der Waals surface area (Å²) in [6.07, 6.45) is 8.54. The number of rotatable bonds is 8. The van der Waals surface area contributed by atoms with Crippen LogP contribution >= 0.6 is 0 Å². The van der Waals surface area contributed by atoms with Crippen LogP contribution < -0.4 is 0 Å². The van der Waals surface area contributed by atoms with E-state index in [4.69, 9.17) is 10.1 Å². The third-order valence-electron chi connectivity index (χ3n) is 6.68. The van der Waals surface area contributed by atoms with Gasteiger partial charge in [-0.25, -0.2) is 14.8 Å². The van der Waals surface area contributed by atoms with Crippen LogP contribution in [0.4, 0.5) is 0 Å². The molecule has 0 bridgehead atoms. The highest BCUT2D eigenvalue weighted by Crippen LogP contribution is 2.30. The largest absolute Gasteiger partial charge is 0.249 e. The first-order chi connectivity index (χ1) is 16.7. The molecule has 34 heavy (non-hydrogen) atoms. The number of hydrogen-bond donors (Lipinski definition) is 1. The molecule has 7 heteroatoms. The minimum absolute atomic E-state index is 0.535. The monoisotopic (exact) mass is 455 g/mol. The molecule has 2 aromatic carbocycles. The van der Waals surface area contributed by atoms with E-state index in [1.807, 2.05) is 18.2 Å². The molecule has 2 heterocycles. The number of H-pyrrole nitrogens is 1. The van der Waals surface area contributed by atoms with E-state index in [1.54, 1.807) is 0 Å². The fourth-order valence-electron chi connectivity index (χ4n) is 4.98. The van der Waals surface area contributed by atoms with Gasteiger partial charge in [0.2, 0.25) is 0 Å². The molecule has 0 saturated heterocycles. The van der Waals surface area contributed by atoms with Gasteiger partial charge in [0.15, 0.2) is 11.6 Å². The molecule has 4 aromatic rings. The smallest absolute Gasteiger partial charge is 0.180 e. The second kappa shape index (κ2) is 10.3. The summed E-state index contributed by atoms with van der Waals surface area (Å²) in [4.78, 5) is 5.01. The van der Waals surface area contributed by atoms with E-state index in [0.29, 0.717) is 11.7 Å². The predicted octanol–water partition coefficient (Wildman–Crippen LogP) is 5.49. The highest BCUT2D eigenvalue weighted by atomic mass is 15.5. The Morgan fingerprint density at radius 3 is 2.44 bits per heavy atom. The predicted molar refractivity (Wildman–Crippen MR) is 133 cm³/mol. The molecule has 0 radical (unpaired) electrons. The fraction of sp³-hybridized carbons (Fsp3) is 0.444. The molecule has 5 rings (SSSR count). The first-order valence-corrected chi connectivity index (χ1v) is 12.5. The third kappa shape index (κ3) is 5.24. The summed E-state index contributed by atoms with van der Waals surface area (Å²) < 4.78 is 2.14. The van der Waals surface area contributed by atoms with Gasteiger partial charge in [-0.1, -0.05) is 94.5 Å². The Labute approximate surface area is 201 Å². The second-order valence-corrected chi connectivity index (χ2v) is 9.90. The number of aromatic amines is 1. The van der Waals surface area contributed by atoms with Crippen molar-refractivity contribution in [3.8, 4) is 22.5 Å². The molecule has 0 spiro atoms. The highest BCUT2D eigenvalue weighted by molar-refractivity contribution is 5.80. The van der Waals surface area contributed by atoms with Crippen molar-refractivity contribution in [1.29, 1.82) is 0 Å². The molecule has 0 aliphatic heterocycles. The standard InChI is InChI=1S/C27H33N7/c1-19(2)18-34-26(28-25(31-34)16-20-8-4-3-5-9-20)17-21-12-14-22(15-13-21)23-10-6-7-11-24(23)27-29-32-33-30-27/h6-7,10-15,19-20H,3-5,8-9,16-18H2,1-2H3,(H,29,30,32,33). The molecule has 0 atom stereocenters. The van der Waals surface area contributed by atoms with Crippen molar-refractivity contribution in [2.75, 3.05) is 0 Å². The topological polar surface area (TPSA) is 85.2 Å². The summed E-state index contributed by atoms with van der Waals surface area (Å²) in [5.74, 6) is 4.05. The minimum atomic E-state index is 0.535. The number of tetrazole rings is 1. The third-order valence-corrected chi connectivity index (χ3v) is 6.68. The van der Waals surface area contributed by atoms with E-state index < -0.39 is 0 Å². The maximum atomic E-state index is 5.01. The first-order valence-electron chi connectivity index (χ1n) is 12.5. The zero-order valence-corrected chi connectivity index (χ0v) is 20.1. The molecular formula is C27H33N7. The average Bonchev–Trinajstić information content (AvgIpc) is 3.51. The highest BCUT2D eigenvalue weighted by Gasteiger charge is 2.19. The summed E-state index contributed by atoms with van der Waals surface area (Å²) in [5.41, 5.74) is 4.47. The van der Waals surface area contributed by atoms with Crippen molar-refractivity contribution in [2.24, 2.45) is 11.8 Å². The van der Waals surface area contributed by atoms with Crippen LogP contribution in [0.1, 0.15) is 63.2 Å². The lowest BCUT2D eigenvalue weighted by molar-refractivity contribution is 0.350. The molecule has 1 saturated carbocycles. The van der Waals surface area contributed by atoms with Crippen molar-refractivity contribution in [3.05, 3.63) is 65.7 Å².